The minimum Gasteiger partial charge on any atom is -0.489 e. The second-order valence-electron chi connectivity index (χ2n) is 7.51. The number of piperidine rings is 1. The molecule has 29 heavy (non-hydrogen) atoms. The van der Waals surface area contributed by atoms with Gasteiger partial charge in [-0.1, -0.05) is 49.4 Å². The number of rotatable bonds is 5. The monoisotopic (exact) mass is 390 g/mol. The van der Waals surface area contributed by atoms with E-state index in [1.807, 2.05) is 25.1 Å². The first-order chi connectivity index (χ1) is 14.1. The lowest BCUT2D eigenvalue weighted by atomic mass is 10.0. The van der Waals surface area contributed by atoms with Crippen LogP contribution in [0, 0.1) is 0 Å². The molecule has 2 aromatic carbocycles. The van der Waals surface area contributed by atoms with Crippen molar-refractivity contribution in [2.75, 3.05) is 0 Å². The van der Waals surface area contributed by atoms with Gasteiger partial charge >= 0.3 is 0 Å². The minimum atomic E-state index is -0.333. The number of carbonyl (C=O) groups excluding carboxylic acids is 2. The average Bonchev–Trinajstić information content (AvgIpc) is 3.11. The molecule has 0 aromatic heterocycles. The third-order valence-corrected chi connectivity index (χ3v) is 5.73. The maximum atomic E-state index is 12.4. The van der Waals surface area contributed by atoms with Crippen molar-refractivity contribution in [3.63, 3.8) is 0 Å². The lowest BCUT2D eigenvalue weighted by molar-refractivity contribution is -0.136. The van der Waals surface area contributed by atoms with Gasteiger partial charge in [0.25, 0.3) is 0 Å². The van der Waals surface area contributed by atoms with Gasteiger partial charge in [-0.3, -0.25) is 14.9 Å². The van der Waals surface area contributed by atoms with Gasteiger partial charge in [0, 0.05) is 29.8 Å². The van der Waals surface area contributed by atoms with Crippen LogP contribution in [-0.2, 0) is 29.2 Å². The first-order valence-corrected chi connectivity index (χ1v) is 10.2. The van der Waals surface area contributed by atoms with E-state index in [1.165, 1.54) is 5.56 Å². The fourth-order valence-electron chi connectivity index (χ4n) is 4.13. The molecule has 0 radical (unpaired) electrons. The van der Waals surface area contributed by atoms with E-state index in [2.05, 4.69) is 47.5 Å². The summed E-state index contributed by atoms with van der Waals surface area (Å²) < 4.78 is 6.17. The van der Waals surface area contributed by atoms with Crippen molar-refractivity contribution in [1.29, 1.82) is 0 Å². The van der Waals surface area contributed by atoms with E-state index in [4.69, 9.17) is 4.74 Å². The Bertz CT molecular complexity index is 963. The summed E-state index contributed by atoms with van der Waals surface area (Å²) in [4.78, 5) is 26.0. The molecule has 2 amide bonds. The number of carbonyl (C=O) groups is 2. The van der Waals surface area contributed by atoms with Gasteiger partial charge < -0.3 is 9.64 Å². The van der Waals surface area contributed by atoms with E-state index in [9.17, 15) is 9.59 Å². The first-order valence-electron chi connectivity index (χ1n) is 10.2. The van der Waals surface area contributed by atoms with E-state index >= 15 is 0 Å². The molecular formula is C24H26N2O3. The highest BCUT2D eigenvalue weighted by Crippen LogP contribution is 2.40. The molecule has 1 unspecified atom stereocenters. The third kappa shape index (κ3) is 3.77. The zero-order chi connectivity index (χ0) is 20.4. The normalized spacial score (nSPS) is 20.0. The molecule has 4 rings (SSSR count). The molecule has 2 aliphatic rings. The van der Waals surface area contributed by atoms with Crippen molar-refractivity contribution in [2.24, 2.45) is 0 Å². The number of hydrogen-bond acceptors (Lipinski definition) is 4. The Morgan fingerprint density at radius 2 is 1.90 bits per heavy atom. The maximum Gasteiger partial charge on any atom is 0.249 e. The quantitative estimate of drug-likeness (QED) is 0.789. The Kier molecular flexibility index (Phi) is 5.38. The van der Waals surface area contributed by atoms with Crippen LogP contribution >= 0.6 is 0 Å². The molecule has 0 aliphatic carbocycles. The summed E-state index contributed by atoms with van der Waals surface area (Å²) in [6.07, 6.45) is 3.96. The van der Waals surface area contributed by atoms with Crippen LogP contribution in [0.4, 0.5) is 0 Å². The van der Waals surface area contributed by atoms with Crippen LogP contribution in [0.3, 0.4) is 0 Å². The molecule has 1 atom stereocenters. The average molecular weight is 390 g/mol. The summed E-state index contributed by atoms with van der Waals surface area (Å²) in [5.41, 5.74) is 5.65. The highest BCUT2D eigenvalue weighted by Gasteiger charge is 2.37. The number of allylic oxidation sites excluding steroid dienone is 1. The molecule has 0 saturated carbocycles. The van der Waals surface area contributed by atoms with Crippen LogP contribution in [0.25, 0.3) is 5.70 Å². The van der Waals surface area contributed by atoms with Crippen LogP contribution in [0.2, 0.25) is 0 Å². The van der Waals surface area contributed by atoms with Crippen LogP contribution < -0.4 is 10.1 Å². The van der Waals surface area contributed by atoms with Gasteiger partial charge in [-0.05, 0) is 37.0 Å². The van der Waals surface area contributed by atoms with Crippen molar-refractivity contribution in [3.8, 4) is 5.75 Å². The molecule has 1 fully saturated rings. The molecule has 5 heteroatoms. The van der Waals surface area contributed by atoms with E-state index in [0.29, 0.717) is 26.0 Å². The zero-order valence-corrected chi connectivity index (χ0v) is 16.9. The van der Waals surface area contributed by atoms with Crippen LogP contribution in [-0.4, -0.2) is 22.8 Å². The maximum absolute atomic E-state index is 12.4. The fourth-order valence-corrected chi connectivity index (χ4v) is 4.13. The summed E-state index contributed by atoms with van der Waals surface area (Å²) in [5.74, 6) is 0.436. The summed E-state index contributed by atoms with van der Waals surface area (Å²) in [5, 5.41) is 2.47. The van der Waals surface area contributed by atoms with Crippen LogP contribution in [0.15, 0.2) is 48.5 Å². The summed E-state index contributed by atoms with van der Waals surface area (Å²) in [7, 11) is 0. The zero-order valence-electron chi connectivity index (χ0n) is 16.9. The lowest BCUT2D eigenvalue weighted by Gasteiger charge is -2.32. The van der Waals surface area contributed by atoms with Gasteiger partial charge in [-0.2, -0.15) is 0 Å². The molecule has 2 aliphatic heterocycles. The summed E-state index contributed by atoms with van der Waals surface area (Å²) >= 11 is 0. The highest BCUT2D eigenvalue weighted by molar-refractivity contribution is 6.01. The van der Waals surface area contributed by atoms with Gasteiger partial charge in [0.05, 0.1) is 0 Å². The Morgan fingerprint density at radius 1 is 1.14 bits per heavy atom. The third-order valence-electron chi connectivity index (χ3n) is 5.73. The Labute approximate surface area is 171 Å². The van der Waals surface area contributed by atoms with E-state index in [0.717, 1.165) is 34.6 Å². The van der Waals surface area contributed by atoms with Crippen molar-refractivity contribution < 1.29 is 14.3 Å². The van der Waals surface area contributed by atoms with E-state index in [-0.39, 0.29) is 17.9 Å². The van der Waals surface area contributed by atoms with Gasteiger partial charge in [-0.25, -0.2) is 0 Å². The highest BCUT2D eigenvalue weighted by atomic mass is 16.5. The number of hydrogen-bond donors (Lipinski definition) is 1. The largest absolute Gasteiger partial charge is 0.489 e. The Balaban J connectivity index is 1.55. The molecule has 0 spiro atoms. The van der Waals surface area contributed by atoms with E-state index < -0.39 is 0 Å². The Morgan fingerprint density at radius 3 is 2.59 bits per heavy atom. The lowest BCUT2D eigenvalue weighted by Crippen LogP contribution is -2.50. The number of imide groups is 1. The first kappa shape index (κ1) is 19.2. The number of amides is 2. The van der Waals surface area contributed by atoms with E-state index in [1.54, 1.807) is 0 Å². The SMILES string of the molecule is C/C=C1\c2cccc(OCc3ccc(CC)cc3)c2CN1C1CCC(=O)NC1=O. The second-order valence-corrected chi connectivity index (χ2v) is 7.51. The number of nitrogens with zero attached hydrogens (tertiary/aromatic N) is 1. The van der Waals surface area contributed by atoms with Crippen molar-refractivity contribution in [3.05, 3.63) is 70.8 Å². The molecule has 1 N–H and O–H groups in total. The Hall–Kier alpha value is -3.08. The predicted molar refractivity (Wildman–Crippen MR) is 112 cm³/mol. The second kappa shape index (κ2) is 8.11. The molecule has 1 saturated heterocycles. The van der Waals surface area contributed by atoms with Gasteiger partial charge in [0.1, 0.15) is 18.4 Å². The number of nitrogens with one attached hydrogen (secondary N) is 1. The minimum absolute atomic E-state index is 0.192. The molecule has 0 bridgehead atoms. The van der Waals surface area contributed by atoms with Gasteiger partial charge in [0.15, 0.2) is 0 Å². The van der Waals surface area contributed by atoms with Crippen molar-refractivity contribution in [2.45, 2.75) is 52.3 Å². The number of ether oxygens (including phenoxy) is 1. The smallest absolute Gasteiger partial charge is 0.249 e. The van der Waals surface area contributed by atoms with Crippen LogP contribution in [0.5, 0.6) is 5.75 Å². The summed E-state index contributed by atoms with van der Waals surface area (Å²) in [6, 6.07) is 14.2. The van der Waals surface area contributed by atoms with Crippen molar-refractivity contribution >= 4 is 17.5 Å². The summed E-state index contributed by atoms with van der Waals surface area (Å²) in [6.45, 7) is 5.23. The topological polar surface area (TPSA) is 58.6 Å². The molecular weight excluding hydrogens is 364 g/mol. The number of benzene rings is 2. The number of aryl methyl sites for hydroxylation is 1. The van der Waals surface area contributed by atoms with Crippen LogP contribution in [0.1, 0.15) is 48.9 Å². The predicted octanol–water partition coefficient (Wildman–Crippen LogP) is 3.81. The molecule has 5 nitrogen and oxygen atoms in total. The molecule has 150 valence electrons. The van der Waals surface area contributed by atoms with Crippen molar-refractivity contribution in [1.82, 2.24) is 10.2 Å². The van der Waals surface area contributed by atoms with Gasteiger partial charge in [0.2, 0.25) is 11.8 Å². The number of fused-ring (bicyclic) bond motifs is 1. The molecule has 2 heterocycles. The van der Waals surface area contributed by atoms with Gasteiger partial charge in [-0.15, -0.1) is 0 Å². The molecule has 2 aromatic rings. The fraction of sp³-hybridized carbons (Fsp3) is 0.333. The standard InChI is InChI=1S/C24H26N2O3/c1-3-16-8-10-17(11-9-16)15-29-22-7-5-6-18-19(22)14-26(20(18)4-2)21-12-13-23(27)25-24(21)28/h4-11,21H,3,12-15H2,1-2H3,(H,25,27,28)/b20-4+.